The van der Waals surface area contributed by atoms with Crippen molar-refractivity contribution in [1.29, 1.82) is 0 Å². The van der Waals surface area contributed by atoms with E-state index in [9.17, 15) is 19.2 Å². The van der Waals surface area contributed by atoms with Crippen LogP contribution in [0.5, 0.6) is 0 Å². The Morgan fingerprint density at radius 2 is 1.43 bits per heavy atom. The monoisotopic (exact) mass is 770 g/mol. The fourth-order valence-electron chi connectivity index (χ4n) is 6.65. The third kappa shape index (κ3) is 8.21. The van der Waals surface area contributed by atoms with Crippen LogP contribution in [0, 0.1) is 5.92 Å². The number of benzene rings is 2. The molecule has 2 unspecified atom stereocenters. The summed E-state index contributed by atoms with van der Waals surface area (Å²) in [5.41, 5.74) is 2.70. The third-order valence-electron chi connectivity index (χ3n) is 9.14. The van der Waals surface area contributed by atoms with Gasteiger partial charge in [-0.1, -0.05) is 68.3 Å². The fraction of sp³-hybridized carbons (Fsp3) is 0.457. The van der Waals surface area contributed by atoms with Gasteiger partial charge in [0, 0.05) is 59.8 Å². The SMILES string of the molecule is COC(=O)C1=C(CC(=O)N2CCN(CC(=O)N3CCCC3)CC2)N=C(CCc2ccccc2)C(C(=O)OC)C1c1c(Br)cccc1Br. The Morgan fingerprint density at radius 1 is 0.787 bits per heavy atom. The van der Waals surface area contributed by atoms with E-state index >= 15 is 0 Å². The number of amides is 2. The number of carbonyl (C=O) groups excluding carboxylic acids is 4. The van der Waals surface area contributed by atoms with Gasteiger partial charge in [0.25, 0.3) is 0 Å². The fourth-order valence-corrected chi connectivity index (χ4v) is 8.14. The van der Waals surface area contributed by atoms with Crippen LogP contribution >= 0.6 is 31.9 Å². The molecule has 0 bridgehead atoms. The van der Waals surface area contributed by atoms with Crippen LogP contribution in [0.25, 0.3) is 0 Å². The molecule has 0 radical (unpaired) electrons. The normalized spacial score (nSPS) is 20.2. The highest BCUT2D eigenvalue weighted by Gasteiger charge is 2.46. The van der Waals surface area contributed by atoms with Gasteiger partial charge >= 0.3 is 11.9 Å². The van der Waals surface area contributed by atoms with Crippen LogP contribution in [-0.4, -0.2) is 104 Å². The molecule has 0 saturated carbocycles. The van der Waals surface area contributed by atoms with Crippen LogP contribution in [0.3, 0.4) is 0 Å². The van der Waals surface area contributed by atoms with Gasteiger partial charge in [0.15, 0.2) is 0 Å². The number of nitrogens with zero attached hydrogens (tertiary/aromatic N) is 4. The highest BCUT2D eigenvalue weighted by molar-refractivity contribution is 9.11. The summed E-state index contributed by atoms with van der Waals surface area (Å²) in [5.74, 6) is -3.00. The van der Waals surface area contributed by atoms with Crippen molar-refractivity contribution in [2.24, 2.45) is 10.9 Å². The number of methoxy groups -OCH3 is 2. The molecule has 3 aliphatic rings. The summed E-state index contributed by atoms with van der Waals surface area (Å²) in [5, 5.41) is 0. The summed E-state index contributed by atoms with van der Waals surface area (Å²) in [7, 11) is 2.60. The highest BCUT2D eigenvalue weighted by Crippen LogP contribution is 2.46. The molecular weight excluding hydrogens is 732 g/mol. The zero-order chi connectivity index (χ0) is 33.5. The Balaban J connectivity index is 1.47. The number of halogens is 2. The Kier molecular flexibility index (Phi) is 12.0. The van der Waals surface area contributed by atoms with Gasteiger partial charge in [-0.2, -0.15) is 0 Å². The molecule has 0 N–H and O–H groups in total. The number of hydrogen-bond acceptors (Lipinski definition) is 8. The van der Waals surface area contributed by atoms with Crippen molar-refractivity contribution < 1.29 is 28.7 Å². The molecule has 0 aliphatic carbocycles. The third-order valence-corrected chi connectivity index (χ3v) is 10.5. The second-order valence-electron chi connectivity index (χ2n) is 12.0. The van der Waals surface area contributed by atoms with Crippen molar-refractivity contribution in [2.75, 3.05) is 60.0 Å². The van der Waals surface area contributed by atoms with Crippen molar-refractivity contribution in [3.63, 3.8) is 0 Å². The number of likely N-dealkylation sites (tertiary alicyclic amines) is 1. The summed E-state index contributed by atoms with van der Waals surface area (Å²) < 4.78 is 12.0. The molecule has 5 rings (SSSR count). The predicted octanol–water partition coefficient (Wildman–Crippen LogP) is 4.76. The minimum Gasteiger partial charge on any atom is -0.468 e. The molecular formula is C35H40Br2N4O6. The Bertz CT molecular complexity index is 1530. The molecule has 2 aromatic carbocycles. The Morgan fingerprint density at radius 3 is 2.04 bits per heavy atom. The molecule has 47 heavy (non-hydrogen) atoms. The molecule has 2 fully saturated rings. The summed E-state index contributed by atoms with van der Waals surface area (Å²) in [4.78, 5) is 64.5. The maximum Gasteiger partial charge on any atom is 0.336 e. The van der Waals surface area contributed by atoms with E-state index in [2.05, 4.69) is 36.8 Å². The molecule has 2 atom stereocenters. The maximum absolute atomic E-state index is 13.9. The van der Waals surface area contributed by atoms with Crippen molar-refractivity contribution in [3.8, 4) is 0 Å². The van der Waals surface area contributed by atoms with Gasteiger partial charge in [-0.25, -0.2) is 4.79 Å². The van der Waals surface area contributed by atoms with E-state index in [0.29, 0.717) is 65.8 Å². The first kappa shape index (κ1) is 35.0. The number of esters is 2. The first-order valence-corrected chi connectivity index (χ1v) is 17.5. The van der Waals surface area contributed by atoms with Crippen molar-refractivity contribution in [2.45, 2.75) is 38.0 Å². The minimum atomic E-state index is -0.927. The van der Waals surface area contributed by atoms with Gasteiger partial charge in [0.2, 0.25) is 11.8 Å². The summed E-state index contributed by atoms with van der Waals surface area (Å²) in [6, 6.07) is 15.4. The van der Waals surface area contributed by atoms with Crippen molar-refractivity contribution in [3.05, 3.63) is 79.9 Å². The number of ether oxygens (including phenoxy) is 2. The summed E-state index contributed by atoms with van der Waals surface area (Å²) in [6.07, 6.45) is 2.97. The van der Waals surface area contributed by atoms with Crippen LogP contribution in [0.2, 0.25) is 0 Å². The van der Waals surface area contributed by atoms with Crippen LogP contribution in [0.4, 0.5) is 0 Å². The molecule has 2 aromatic rings. The van der Waals surface area contributed by atoms with Crippen molar-refractivity contribution >= 4 is 61.3 Å². The molecule has 3 aliphatic heterocycles. The quantitative estimate of drug-likeness (QED) is 0.321. The molecule has 250 valence electrons. The Labute approximate surface area is 292 Å². The van der Waals surface area contributed by atoms with E-state index in [0.717, 1.165) is 31.5 Å². The maximum atomic E-state index is 13.9. The molecule has 12 heteroatoms. The second kappa shape index (κ2) is 16.2. The molecule has 2 amide bonds. The zero-order valence-corrected chi connectivity index (χ0v) is 29.9. The topological polar surface area (TPSA) is 109 Å². The lowest BCUT2D eigenvalue weighted by molar-refractivity contribution is -0.144. The number of hydrogen-bond donors (Lipinski definition) is 0. The van der Waals surface area contributed by atoms with E-state index in [4.69, 9.17) is 14.5 Å². The lowest BCUT2D eigenvalue weighted by atomic mass is 9.73. The second-order valence-corrected chi connectivity index (χ2v) is 13.7. The lowest BCUT2D eigenvalue weighted by Gasteiger charge is -2.36. The molecule has 3 heterocycles. The molecule has 0 aromatic heterocycles. The molecule has 10 nitrogen and oxygen atoms in total. The number of rotatable bonds is 10. The number of aryl methyl sites for hydroxylation is 1. The highest BCUT2D eigenvalue weighted by atomic mass is 79.9. The van der Waals surface area contributed by atoms with Gasteiger partial charge in [-0.05, 0) is 48.9 Å². The number of aliphatic imine (C=N–C) groups is 1. The lowest BCUT2D eigenvalue weighted by Crippen LogP contribution is -2.51. The smallest absolute Gasteiger partial charge is 0.336 e. The van der Waals surface area contributed by atoms with Crippen molar-refractivity contribution in [1.82, 2.24) is 14.7 Å². The largest absolute Gasteiger partial charge is 0.468 e. The van der Waals surface area contributed by atoms with Crippen LogP contribution in [0.15, 0.2) is 73.7 Å². The van der Waals surface area contributed by atoms with Gasteiger partial charge in [-0.15, -0.1) is 0 Å². The van der Waals surface area contributed by atoms with E-state index < -0.39 is 23.8 Å². The Hall–Kier alpha value is -3.35. The van der Waals surface area contributed by atoms with E-state index in [1.807, 2.05) is 53.4 Å². The predicted molar refractivity (Wildman–Crippen MR) is 185 cm³/mol. The molecule has 2 saturated heterocycles. The summed E-state index contributed by atoms with van der Waals surface area (Å²) in [6.45, 7) is 4.07. The summed E-state index contributed by atoms with van der Waals surface area (Å²) >= 11 is 7.30. The number of piperazine rings is 1. The van der Waals surface area contributed by atoms with Gasteiger partial charge in [0.05, 0.1) is 38.5 Å². The average molecular weight is 773 g/mol. The van der Waals surface area contributed by atoms with Gasteiger partial charge < -0.3 is 19.3 Å². The number of carbonyl (C=O) groups is 4. The minimum absolute atomic E-state index is 0.138. The van der Waals surface area contributed by atoms with Crippen LogP contribution in [0.1, 0.15) is 42.7 Å². The van der Waals surface area contributed by atoms with E-state index in [1.54, 1.807) is 4.90 Å². The van der Waals surface area contributed by atoms with E-state index in [1.165, 1.54) is 14.2 Å². The standard InChI is InChI=1S/C35H40Br2N4O6/c1-46-34(44)31-26(14-13-23-9-4-3-5-10-23)38-27(32(35(45)47-2)33(31)30-24(36)11-8-12-25(30)37)21-28(42)41-19-17-39(18-20-41)22-29(43)40-15-6-7-16-40/h3-5,8-12,31,33H,6-7,13-22H2,1-2H3. The first-order valence-electron chi connectivity index (χ1n) is 15.9. The van der Waals surface area contributed by atoms with E-state index in [-0.39, 0.29) is 29.5 Å². The van der Waals surface area contributed by atoms with Gasteiger partial charge in [-0.3, -0.25) is 24.3 Å². The zero-order valence-electron chi connectivity index (χ0n) is 26.8. The average Bonchev–Trinajstić information content (AvgIpc) is 3.63. The van der Waals surface area contributed by atoms with Crippen LogP contribution in [-0.2, 0) is 35.1 Å². The molecule has 0 spiro atoms. The van der Waals surface area contributed by atoms with Gasteiger partial charge in [0.1, 0.15) is 5.92 Å². The first-order chi connectivity index (χ1) is 22.7. The van der Waals surface area contributed by atoms with Crippen LogP contribution < -0.4 is 0 Å².